The summed E-state index contributed by atoms with van der Waals surface area (Å²) in [6.45, 7) is 6.75. The maximum absolute atomic E-state index is 3.49. The van der Waals surface area contributed by atoms with Gasteiger partial charge in [-0.25, -0.2) is 0 Å². The molecule has 0 unspecified atom stereocenters. The SMILES string of the molecule is CC(C)(C)c1ccc(-c2ccc3[nH]c4ccccc4c3c2)cc1. The second kappa shape index (κ2) is 4.99. The molecule has 23 heavy (non-hydrogen) atoms. The van der Waals surface area contributed by atoms with Crippen molar-refractivity contribution >= 4 is 21.8 Å². The summed E-state index contributed by atoms with van der Waals surface area (Å²) in [5, 5.41) is 2.58. The summed E-state index contributed by atoms with van der Waals surface area (Å²) < 4.78 is 0. The molecule has 4 aromatic rings. The van der Waals surface area contributed by atoms with Crippen LogP contribution in [0, 0.1) is 0 Å². The molecule has 0 saturated carbocycles. The first-order valence-electron chi connectivity index (χ1n) is 8.14. The molecule has 0 amide bonds. The van der Waals surface area contributed by atoms with Crippen LogP contribution in [0.15, 0.2) is 66.7 Å². The lowest BCUT2D eigenvalue weighted by molar-refractivity contribution is 0.590. The summed E-state index contributed by atoms with van der Waals surface area (Å²) in [5.41, 5.74) is 6.49. The Hall–Kier alpha value is -2.54. The third kappa shape index (κ3) is 2.43. The van der Waals surface area contributed by atoms with E-state index in [1.165, 1.54) is 38.5 Å². The Kier molecular flexibility index (Phi) is 3.05. The second-order valence-corrected chi connectivity index (χ2v) is 7.26. The van der Waals surface area contributed by atoms with Gasteiger partial charge < -0.3 is 4.98 Å². The summed E-state index contributed by atoms with van der Waals surface area (Å²) in [7, 11) is 0. The van der Waals surface area contributed by atoms with E-state index >= 15 is 0 Å². The largest absolute Gasteiger partial charge is 0.355 e. The van der Waals surface area contributed by atoms with Gasteiger partial charge in [0.25, 0.3) is 0 Å². The molecule has 1 N–H and O–H groups in total. The van der Waals surface area contributed by atoms with Crippen molar-refractivity contribution in [3.8, 4) is 11.1 Å². The Balaban J connectivity index is 1.84. The predicted octanol–water partition coefficient (Wildman–Crippen LogP) is 6.29. The van der Waals surface area contributed by atoms with E-state index in [0.717, 1.165) is 0 Å². The van der Waals surface area contributed by atoms with Crippen LogP contribution < -0.4 is 0 Å². The Labute approximate surface area is 137 Å². The van der Waals surface area contributed by atoms with Crippen LogP contribution in [-0.2, 0) is 5.41 Å². The van der Waals surface area contributed by atoms with E-state index in [0.29, 0.717) is 0 Å². The van der Waals surface area contributed by atoms with Crippen molar-refractivity contribution in [2.45, 2.75) is 26.2 Å². The fourth-order valence-electron chi connectivity index (χ4n) is 3.19. The first-order chi connectivity index (χ1) is 11.0. The molecular weight excluding hydrogens is 278 g/mol. The van der Waals surface area contributed by atoms with Gasteiger partial charge in [-0.15, -0.1) is 0 Å². The molecule has 0 atom stereocenters. The lowest BCUT2D eigenvalue weighted by Crippen LogP contribution is -2.10. The van der Waals surface area contributed by atoms with Crippen LogP contribution in [0.2, 0.25) is 0 Å². The molecule has 0 aliphatic heterocycles. The van der Waals surface area contributed by atoms with Crippen molar-refractivity contribution in [2.24, 2.45) is 0 Å². The van der Waals surface area contributed by atoms with Gasteiger partial charge in [0.1, 0.15) is 0 Å². The average molecular weight is 299 g/mol. The molecule has 0 fully saturated rings. The molecule has 0 spiro atoms. The van der Waals surface area contributed by atoms with Gasteiger partial charge in [0, 0.05) is 21.8 Å². The van der Waals surface area contributed by atoms with Gasteiger partial charge in [0.15, 0.2) is 0 Å². The van der Waals surface area contributed by atoms with Gasteiger partial charge in [0.2, 0.25) is 0 Å². The summed E-state index contributed by atoms with van der Waals surface area (Å²) in [4.78, 5) is 3.49. The quantitative estimate of drug-likeness (QED) is 0.425. The maximum Gasteiger partial charge on any atom is 0.0465 e. The number of para-hydroxylation sites is 1. The molecule has 114 valence electrons. The third-order valence-corrected chi connectivity index (χ3v) is 4.59. The molecule has 0 saturated heterocycles. The molecule has 4 rings (SSSR count). The van der Waals surface area contributed by atoms with Gasteiger partial charge in [-0.3, -0.25) is 0 Å². The fourth-order valence-corrected chi connectivity index (χ4v) is 3.19. The standard InChI is InChI=1S/C22H21N/c1-22(2,3)17-11-8-15(9-12-17)16-10-13-21-19(14-16)18-6-4-5-7-20(18)23-21/h4-14,23H,1-3H3. The summed E-state index contributed by atoms with van der Waals surface area (Å²) in [6, 6.07) is 24.1. The van der Waals surface area contributed by atoms with Gasteiger partial charge in [0.05, 0.1) is 0 Å². The Morgan fingerprint density at radius 1 is 0.652 bits per heavy atom. The number of aromatic nitrogens is 1. The predicted molar refractivity (Wildman–Crippen MR) is 99.9 cm³/mol. The molecule has 1 aromatic heterocycles. The number of benzene rings is 3. The normalized spacial score (nSPS) is 12.1. The van der Waals surface area contributed by atoms with Gasteiger partial charge in [-0.2, -0.15) is 0 Å². The minimum atomic E-state index is 0.194. The molecule has 0 bridgehead atoms. The Morgan fingerprint density at radius 3 is 2.04 bits per heavy atom. The number of fused-ring (bicyclic) bond motifs is 3. The zero-order valence-corrected chi connectivity index (χ0v) is 13.9. The number of aromatic amines is 1. The lowest BCUT2D eigenvalue weighted by atomic mass is 9.86. The van der Waals surface area contributed by atoms with Crippen LogP contribution in [0.4, 0.5) is 0 Å². The van der Waals surface area contributed by atoms with Gasteiger partial charge >= 0.3 is 0 Å². The van der Waals surface area contributed by atoms with Crippen molar-refractivity contribution in [3.05, 3.63) is 72.3 Å². The topological polar surface area (TPSA) is 15.8 Å². The van der Waals surface area contributed by atoms with E-state index in [1.807, 2.05) is 0 Å². The van der Waals surface area contributed by atoms with Gasteiger partial charge in [-0.1, -0.05) is 69.3 Å². The van der Waals surface area contributed by atoms with E-state index in [1.54, 1.807) is 0 Å². The fraction of sp³-hybridized carbons (Fsp3) is 0.182. The zero-order chi connectivity index (χ0) is 16.0. The Bertz CT molecular complexity index is 982. The van der Waals surface area contributed by atoms with Crippen LogP contribution in [0.5, 0.6) is 0 Å². The minimum absolute atomic E-state index is 0.194. The lowest BCUT2D eigenvalue weighted by Gasteiger charge is -2.19. The molecular formula is C22H21N. The average Bonchev–Trinajstić information content (AvgIpc) is 2.92. The van der Waals surface area contributed by atoms with Crippen molar-refractivity contribution < 1.29 is 0 Å². The second-order valence-electron chi connectivity index (χ2n) is 7.26. The highest BCUT2D eigenvalue weighted by molar-refractivity contribution is 6.08. The highest BCUT2D eigenvalue weighted by Gasteiger charge is 2.13. The number of rotatable bonds is 1. The van der Waals surface area contributed by atoms with Crippen LogP contribution in [0.25, 0.3) is 32.9 Å². The van der Waals surface area contributed by atoms with E-state index < -0.39 is 0 Å². The van der Waals surface area contributed by atoms with Crippen LogP contribution in [-0.4, -0.2) is 4.98 Å². The first-order valence-corrected chi connectivity index (χ1v) is 8.14. The molecule has 0 aliphatic carbocycles. The summed E-state index contributed by atoms with van der Waals surface area (Å²) >= 11 is 0. The molecule has 0 aliphatic rings. The molecule has 0 radical (unpaired) electrons. The molecule has 1 heteroatoms. The zero-order valence-electron chi connectivity index (χ0n) is 13.9. The first kappa shape index (κ1) is 14.1. The van der Waals surface area contributed by atoms with Crippen LogP contribution in [0.1, 0.15) is 26.3 Å². The molecule has 3 aromatic carbocycles. The number of hydrogen-bond donors (Lipinski definition) is 1. The van der Waals surface area contributed by atoms with Crippen LogP contribution in [0.3, 0.4) is 0 Å². The van der Waals surface area contributed by atoms with Crippen molar-refractivity contribution in [1.82, 2.24) is 4.98 Å². The Morgan fingerprint density at radius 2 is 1.30 bits per heavy atom. The highest BCUT2D eigenvalue weighted by atomic mass is 14.7. The number of H-pyrrole nitrogens is 1. The van der Waals surface area contributed by atoms with E-state index in [9.17, 15) is 0 Å². The monoisotopic (exact) mass is 299 g/mol. The van der Waals surface area contributed by atoms with E-state index in [2.05, 4.69) is 92.5 Å². The van der Waals surface area contributed by atoms with Crippen LogP contribution >= 0.6 is 0 Å². The van der Waals surface area contributed by atoms with Crippen molar-refractivity contribution in [3.63, 3.8) is 0 Å². The van der Waals surface area contributed by atoms with E-state index in [4.69, 9.17) is 0 Å². The summed E-state index contributed by atoms with van der Waals surface area (Å²) in [6.07, 6.45) is 0. The van der Waals surface area contributed by atoms with Gasteiger partial charge in [-0.05, 0) is 40.3 Å². The van der Waals surface area contributed by atoms with E-state index in [-0.39, 0.29) is 5.41 Å². The molecule has 1 heterocycles. The number of hydrogen-bond acceptors (Lipinski definition) is 0. The highest BCUT2D eigenvalue weighted by Crippen LogP contribution is 2.31. The summed E-state index contributed by atoms with van der Waals surface area (Å²) in [5.74, 6) is 0. The molecule has 1 nitrogen and oxygen atoms in total. The third-order valence-electron chi connectivity index (χ3n) is 4.59. The minimum Gasteiger partial charge on any atom is -0.355 e. The number of nitrogens with one attached hydrogen (secondary N) is 1. The van der Waals surface area contributed by atoms with Crippen molar-refractivity contribution in [1.29, 1.82) is 0 Å². The smallest absolute Gasteiger partial charge is 0.0465 e. The van der Waals surface area contributed by atoms with Crippen molar-refractivity contribution in [2.75, 3.05) is 0 Å². The maximum atomic E-state index is 3.49.